The van der Waals surface area contributed by atoms with Crippen LogP contribution in [0.5, 0.6) is 5.75 Å². The van der Waals surface area contributed by atoms with Crippen LogP contribution in [0.3, 0.4) is 0 Å². The van der Waals surface area contributed by atoms with Crippen molar-refractivity contribution >= 4 is 29.2 Å². The second kappa shape index (κ2) is 10.4. The van der Waals surface area contributed by atoms with Crippen LogP contribution in [-0.2, 0) is 6.61 Å². The summed E-state index contributed by atoms with van der Waals surface area (Å²) in [5, 5.41) is 12.1. The van der Waals surface area contributed by atoms with Gasteiger partial charge in [0.2, 0.25) is 0 Å². The molecule has 0 amide bonds. The van der Waals surface area contributed by atoms with Gasteiger partial charge < -0.3 is 14.6 Å². The number of carboxylic acids is 1. The summed E-state index contributed by atoms with van der Waals surface area (Å²) in [6.45, 7) is 0.377. The molecule has 2 heterocycles. The molecule has 0 atom stereocenters. The fourth-order valence-electron chi connectivity index (χ4n) is 3.08. The number of rotatable bonds is 6. The largest absolute Gasteiger partial charge is 1.00 e. The summed E-state index contributed by atoms with van der Waals surface area (Å²) in [7, 11) is 0. The van der Waals surface area contributed by atoms with Crippen molar-refractivity contribution in [3.63, 3.8) is 0 Å². The predicted octanol–water partition coefficient (Wildman–Crippen LogP) is 1.79. The zero-order valence-electron chi connectivity index (χ0n) is 16.6. The van der Waals surface area contributed by atoms with Gasteiger partial charge in [-0.15, -0.1) is 0 Å². The molecule has 150 valence electrons. The Labute approximate surface area is 211 Å². The van der Waals surface area contributed by atoms with E-state index in [1.165, 1.54) is 6.07 Å². The maximum absolute atomic E-state index is 11.2. The molecule has 31 heavy (non-hydrogen) atoms. The van der Waals surface area contributed by atoms with Crippen LogP contribution < -0.4 is 39.4 Å². The van der Waals surface area contributed by atoms with E-state index < -0.39 is 5.97 Å². The number of pyridine rings is 1. The molecule has 0 aliphatic carbocycles. The summed E-state index contributed by atoms with van der Waals surface area (Å²) in [6.07, 6.45) is 0. The first kappa shape index (κ1) is 23.4. The Morgan fingerprint density at radius 2 is 1.74 bits per heavy atom. The van der Waals surface area contributed by atoms with Gasteiger partial charge in [0.05, 0.1) is 17.4 Å². The van der Waals surface area contributed by atoms with Crippen molar-refractivity contribution in [3.8, 4) is 22.8 Å². The molecule has 5 nitrogen and oxygen atoms in total. The minimum absolute atomic E-state index is 0. The summed E-state index contributed by atoms with van der Waals surface area (Å²) >= 11 is 12.7. The Morgan fingerprint density at radius 1 is 0.968 bits per heavy atom. The monoisotopic (exact) mass is 460 g/mol. The van der Waals surface area contributed by atoms with E-state index in [4.69, 9.17) is 27.9 Å². The normalized spacial score (nSPS) is 10.4. The van der Waals surface area contributed by atoms with Crippen LogP contribution in [0.15, 0.2) is 78.9 Å². The summed E-state index contributed by atoms with van der Waals surface area (Å²) in [4.78, 5) is 15.4. The van der Waals surface area contributed by atoms with Crippen LogP contribution in [-0.4, -0.2) is 15.5 Å². The Balaban J connectivity index is 0.00000272. The summed E-state index contributed by atoms with van der Waals surface area (Å²) in [5.41, 5.74) is 2.20. The van der Waals surface area contributed by atoms with Crippen LogP contribution in [0.4, 0.5) is 0 Å². The second-order valence-corrected chi connectivity index (χ2v) is 7.28. The second-order valence-electron chi connectivity index (χ2n) is 6.46. The van der Waals surface area contributed by atoms with E-state index >= 15 is 0 Å². The van der Waals surface area contributed by atoms with E-state index in [-0.39, 0.29) is 35.3 Å². The van der Waals surface area contributed by atoms with Crippen molar-refractivity contribution in [2.75, 3.05) is 0 Å². The Kier molecular flexibility index (Phi) is 7.81. The fraction of sp³-hybridized carbons (Fsp3) is 0.0435. The van der Waals surface area contributed by atoms with Gasteiger partial charge in [0.1, 0.15) is 23.3 Å². The number of carbonyl (C=O) groups excluding carboxylic acids is 1. The number of aromatic nitrogens is 2. The van der Waals surface area contributed by atoms with E-state index in [0.717, 1.165) is 5.56 Å². The number of aromatic carboxylic acids is 1. The molecular weight excluding hydrogens is 446 g/mol. The number of benzene rings is 2. The Morgan fingerprint density at radius 3 is 2.48 bits per heavy atom. The molecule has 4 rings (SSSR count). The van der Waals surface area contributed by atoms with Crippen LogP contribution in [0.2, 0.25) is 10.2 Å². The van der Waals surface area contributed by atoms with Crippen molar-refractivity contribution in [1.29, 1.82) is 0 Å². The first-order valence-corrected chi connectivity index (χ1v) is 9.81. The van der Waals surface area contributed by atoms with Crippen molar-refractivity contribution in [3.05, 3.63) is 100 Å². The minimum Gasteiger partial charge on any atom is -0.543 e. The molecule has 0 radical (unpaired) electrons. The Bertz CT molecular complexity index is 1210. The van der Waals surface area contributed by atoms with Crippen molar-refractivity contribution in [1.82, 2.24) is 9.55 Å². The predicted molar refractivity (Wildman–Crippen MR) is 114 cm³/mol. The average Bonchev–Trinajstić information content (AvgIpc) is 3.15. The van der Waals surface area contributed by atoms with E-state index in [0.29, 0.717) is 39.6 Å². The molecule has 0 saturated carbocycles. The average molecular weight is 461 g/mol. The van der Waals surface area contributed by atoms with Crippen molar-refractivity contribution in [2.24, 2.45) is 0 Å². The third-order valence-corrected chi connectivity index (χ3v) is 4.99. The maximum atomic E-state index is 11.2. The van der Waals surface area contributed by atoms with Gasteiger partial charge in [0, 0.05) is 10.6 Å². The molecule has 4 aromatic rings. The van der Waals surface area contributed by atoms with Crippen LogP contribution in [0, 0.1) is 0 Å². The summed E-state index contributed by atoms with van der Waals surface area (Å²) < 4.78 is 7.69. The smallest absolute Gasteiger partial charge is 0.543 e. The van der Waals surface area contributed by atoms with Crippen LogP contribution >= 0.6 is 23.2 Å². The molecule has 0 unspecified atom stereocenters. The quantitative estimate of drug-likeness (QED) is 0.411. The zero-order valence-corrected chi connectivity index (χ0v) is 20.1. The molecule has 0 aliphatic rings. The third-order valence-electron chi connectivity index (χ3n) is 4.46. The molecule has 0 spiro atoms. The Hall–Kier alpha value is -2.28. The minimum atomic E-state index is -1.36. The topological polar surface area (TPSA) is 67.2 Å². The molecular formula is C23H15Cl2N2NaO3. The maximum Gasteiger partial charge on any atom is 1.00 e. The molecule has 0 aliphatic heterocycles. The zero-order chi connectivity index (χ0) is 21.1. The molecule has 0 saturated heterocycles. The van der Waals surface area contributed by atoms with Gasteiger partial charge in [0.15, 0.2) is 0 Å². The molecule has 2 aromatic carbocycles. The number of ether oxygens (including phenoxy) is 1. The number of carbonyl (C=O) groups is 1. The van der Waals surface area contributed by atoms with Gasteiger partial charge in [-0.1, -0.05) is 59.6 Å². The van der Waals surface area contributed by atoms with E-state index in [1.807, 2.05) is 30.3 Å². The van der Waals surface area contributed by atoms with Gasteiger partial charge in [0.25, 0.3) is 0 Å². The standard InChI is InChI=1S/C23H16Cl2N2O3.Na/c24-16-9-11-20(30-14-15-5-2-1-3-6-15)17(13-16)19-10-12-21(25)27(19)22-8-4-7-18(26-22)23(28)29;/h1-13H,14H2,(H,28,29);/q;+1/p-1. The van der Waals surface area contributed by atoms with Gasteiger partial charge in [-0.25, -0.2) is 4.98 Å². The molecule has 0 N–H and O–H groups in total. The fourth-order valence-corrected chi connectivity index (χ4v) is 3.49. The number of carboxylic acid groups (broad SMARTS) is 1. The van der Waals surface area contributed by atoms with Crippen molar-refractivity contribution < 1.29 is 44.2 Å². The summed E-state index contributed by atoms with van der Waals surface area (Å²) in [5.74, 6) is -0.415. The number of nitrogens with zero attached hydrogens (tertiary/aromatic N) is 2. The van der Waals surface area contributed by atoms with Gasteiger partial charge in [-0.2, -0.15) is 0 Å². The van der Waals surface area contributed by atoms with Gasteiger partial charge in [-0.3, -0.25) is 4.57 Å². The molecule has 2 aromatic heterocycles. The number of halogens is 2. The molecule has 8 heteroatoms. The number of hydrogen-bond acceptors (Lipinski definition) is 4. The third kappa shape index (κ3) is 5.32. The first-order chi connectivity index (χ1) is 14.5. The van der Waals surface area contributed by atoms with E-state index in [1.54, 1.807) is 47.0 Å². The van der Waals surface area contributed by atoms with Crippen LogP contribution in [0.1, 0.15) is 16.1 Å². The SMILES string of the molecule is O=C([O-])c1cccc(-n2c(Cl)ccc2-c2cc(Cl)ccc2OCc2ccccc2)n1.[Na+]. The molecule has 0 bridgehead atoms. The van der Waals surface area contributed by atoms with Crippen molar-refractivity contribution in [2.45, 2.75) is 6.61 Å². The number of hydrogen-bond donors (Lipinski definition) is 0. The van der Waals surface area contributed by atoms with E-state index in [2.05, 4.69) is 4.98 Å². The van der Waals surface area contributed by atoms with Gasteiger partial charge in [-0.05, 0) is 48.0 Å². The van der Waals surface area contributed by atoms with Gasteiger partial charge >= 0.3 is 29.6 Å². The van der Waals surface area contributed by atoms with Crippen LogP contribution in [0.25, 0.3) is 17.1 Å². The summed E-state index contributed by atoms with van der Waals surface area (Å²) in [6, 6.07) is 23.2. The van der Waals surface area contributed by atoms with E-state index in [9.17, 15) is 9.90 Å². The first-order valence-electron chi connectivity index (χ1n) is 9.05. The molecule has 0 fully saturated rings.